The number of hydrogen-bond donors (Lipinski definition) is 4. The number of hydrogen-bond acceptors (Lipinski definition) is 7. The summed E-state index contributed by atoms with van der Waals surface area (Å²) in [5, 5.41) is 20.1. The lowest BCUT2D eigenvalue weighted by atomic mass is 10.1. The van der Waals surface area contributed by atoms with Gasteiger partial charge in [0.2, 0.25) is 5.91 Å². The van der Waals surface area contributed by atoms with E-state index in [-0.39, 0.29) is 30.0 Å². The Morgan fingerprint density at radius 2 is 2.00 bits per heavy atom. The Balaban J connectivity index is 1.03. The van der Waals surface area contributed by atoms with E-state index in [1.54, 1.807) is 6.20 Å². The highest BCUT2D eigenvalue weighted by molar-refractivity contribution is 5.93. The summed E-state index contributed by atoms with van der Waals surface area (Å²) >= 11 is 0. The number of nitrogens with zero attached hydrogens (tertiary/aromatic N) is 1. The first kappa shape index (κ1) is 20.9. The number of nitrogens with one attached hydrogen (secondary N) is 3. The van der Waals surface area contributed by atoms with Crippen LogP contribution < -0.4 is 25.4 Å². The number of amides is 1. The molecule has 8 heteroatoms. The van der Waals surface area contributed by atoms with Gasteiger partial charge in [0.1, 0.15) is 29.2 Å². The Bertz CT molecular complexity index is 1330. The van der Waals surface area contributed by atoms with Crippen molar-refractivity contribution < 1.29 is 19.4 Å². The van der Waals surface area contributed by atoms with E-state index in [9.17, 15) is 9.90 Å². The van der Waals surface area contributed by atoms with E-state index in [0.29, 0.717) is 30.2 Å². The number of pyridine rings is 1. The predicted octanol–water partition coefficient (Wildman–Crippen LogP) is 3.13. The molecule has 1 unspecified atom stereocenters. The molecule has 4 aliphatic rings. The van der Waals surface area contributed by atoms with Crippen molar-refractivity contribution in [3.8, 4) is 17.2 Å². The number of benzene rings is 2. The van der Waals surface area contributed by atoms with Gasteiger partial charge in [0.05, 0.1) is 6.04 Å². The zero-order chi connectivity index (χ0) is 23.5. The number of carbonyl (C=O) groups excluding carboxylic acids is 1. The Hall–Kier alpha value is -3.46. The van der Waals surface area contributed by atoms with Crippen LogP contribution in [0.15, 0.2) is 54.7 Å². The van der Waals surface area contributed by atoms with Crippen LogP contribution in [0.4, 0.5) is 5.82 Å². The smallest absolute Gasteiger partial charge is 0.225 e. The summed E-state index contributed by atoms with van der Waals surface area (Å²) in [5.41, 5.74) is 4.61. The van der Waals surface area contributed by atoms with Crippen LogP contribution in [-0.2, 0) is 17.6 Å². The highest BCUT2D eigenvalue weighted by atomic mass is 16.5. The maximum atomic E-state index is 11.7. The van der Waals surface area contributed by atoms with Gasteiger partial charge in [-0.05, 0) is 54.7 Å². The van der Waals surface area contributed by atoms with Crippen molar-refractivity contribution in [1.29, 1.82) is 0 Å². The van der Waals surface area contributed by atoms with Crippen LogP contribution in [0.1, 0.15) is 47.1 Å². The number of fused-ring (bicyclic) bond motifs is 5. The van der Waals surface area contributed by atoms with E-state index in [2.05, 4.69) is 39.1 Å². The lowest BCUT2D eigenvalue weighted by molar-refractivity contribution is -0.116. The molecule has 0 bridgehead atoms. The normalized spacial score (nSPS) is 26.0. The first-order valence-electron chi connectivity index (χ1n) is 12.2. The van der Waals surface area contributed by atoms with Gasteiger partial charge in [-0.3, -0.25) is 15.4 Å². The number of rotatable bonds is 6. The molecule has 1 saturated carbocycles. The zero-order valence-corrected chi connectivity index (χ0v) is 19.0. The van der Waals surface area contributed by atoms with E-state index >= 15 is 0 Å². The summed E-state index contributed by atoms with van der Waals surface area (Å²) in [6, 6.07) is 16.3. The molecule has 2 aromatic carbocycles. The second kappa shape index (κ2) is 8.05. The fraction of sp³-hybridized carbons (Fsp3) is 0.333. The largest absolute Gasteiger partial charge is 0.488 e. The Morgan fingerprint density at radius 1 is 1.09 bits per heavy atom. The van der Waals surface area contributed by atoms with Crippen molar-refractivity contribution in [3.05, 3.63) is 77.0 Å². The average molecular weight is 471 g/mol. The van der Waals surface area contributed by atoms with E-state index in [1.807, 2.05) is 30.3 Å². The molecular formula is C27H26N4O4. The quantitative estimate of drug-likeness (QED) is 0.410. The van der Waals surface area contributed by atoms with Gasteiger partial charge in [-0.15, -0.1) is 0 Å². The van der Waals surface area contributed by atoms with Gasteiger partial charge in [-0.25, -0.2) is 4.98 Å². The van der Waals surface area contributed by atoms with Crippen molar-refractivity contribution in [2.45, 2.75) is 56.1 Å². The van der Waals surface area contributed by atoms with Crippen molar-refractivity contribution in [2.24, 2.45) is 0 Å². The second-order valence-corrected chi connectivity index (χ2v) is 9.65. The lowest BCUT2D eigenvalue weighted by Gasteiger charge is -2.21. The molecule has 5 atom stereocenters. The van der Waals surface area contributed by atoms with E-state index in [4.69, 9.17) is 9.47 Å². The zero-order valence-electron chi connectivity index (χ0n) is 19.0. The van der Waals surface area contributed by atoms with E-state index < -0.39 is 6.35 Å². The molecule has 0 radical (unpaired) electrons. The van der Waals surface area contributed by atoms with Gasteiger partial charge in [-0.2, -0.15) is 0 Å². The van der Waals surface area contributed by atoms with Crippen LogP contribution in [0, 0.1) is 0 Å². The van der Waals surface area contributed by atoms with Gasteiger partial charge in [-0.1, -0.05) is 24.3 Å². The minimum atomic E-state index is -0.813. The molecule has 2 aliphatic carbocycles. The summed E-state index contributed by atoms with van der Waals surface area (Å²) in [4.78, 5) is 16.0. The fourth-order valence-corrected chi connectivity index (χ4v) is 5.73. The third-order valence-corrected chi connectivity index (χ3v) is 7.50. The Kier molecular flexibility index (Phi) is 4.80. The fourth-order valence-electron chi connectivity index (χ4n) is 5.73. The minimum Gasteiger partial charge on any atom is -0.488 e. The molecule has 7 rings (SSSR count). The highest BCUT2D eigenvalue weighted by Gasteiger charge is 2.59. The molecule has 35 heavy (non-hydrogen) atoms. The topological polar surface area (TPSA) is 105 Å². The third-order valence-electron chi connectivity index (χ3n) is 7.50. The Labute approximate surface area is 202 Å². The molecule has 1 amide bonds. The minimum absolute atomic E-state index is 0.0106. The predicted molar refractivity (Wildman–Crippen MR) is 128 cm³/mol. The van der Waals surface area contributed by atoms with E-state index in [0.717, 1.165) is 29.7 Å². The molecule has 178 valence electrons. The third kappa shape index (κ3) is 3.65. The molecule has 1 aromatic heterocycles. The molecule has 4 N–H and O–H groups in total. The first-order valence-corrected chi connectivity index (χ1v) is 12.2. The standard InChI is InChI=1S/C27H26N4O4/c32-22-10-7-17-21(11-12-28-26(17)30-22)34-15-6-9-20-18(13-15)23-24(25(23)35-20)31-27(33)29-19-8-5-14-3-1-2-4-16(14)19/h1-4,6,9,11-13,19,23-25,27,29,31,33H,5,7-8,10H2,(H,28,30,32)/t19-,23-,24-,25-,27?/m0/s1. The number of aliphatic hydroxyl groups excluding tert-OH is 1. The van der Waals surface area contributed by atoms with Crippen molar-refractivity contribution >= 4 is 11.7 Å². The van der Waals surface area contributed by atoms with Crippen LogP contribution in [0.2, 0.25) is 0 Å². The second-order valence-electron chi connectivity index (χ2n) is 9.65. The maximum Gasteiger partial charge on any atom is 0.225 e. The summed E-state index contributed by atoms with van der Waals surface area (Å²) in [6.45, 7) is 0. The van der Waals surface area contributed by atoms with Crippen molar-refractivity contribution in [2.75, 3.05) is 5.32 Å². The van der Waals surface area contributed by atoms with Crippen LogP contribution in [0.25, 0.3) is 0 Å². The molecule has 0 spiro atoms. The number of aliphatic hydroxyl groups is 1. The van der Waals surface area contributed by atoms with Crippen molar-refractivity contribution in [3.63, 3.8) is 0 Å². The summed E-state index contributed by atoms with van der Waals surface area (Å²) in [5.74, 6) is 3.00. The van der Waals surface area contributed by atoms with Crippen LogP contribution in [-0.4, -0.2) is 34.5 Å². The highest BCUT2D eigenvalue weighted by Crippen LogP contribution is 2.54. The molecule has 1 fully saturated rings. The number of ether oxygens (including phenoxy) is 2. The first-order chi connectivity index (χ1) is 17.1. The molecule has 3 heterocycles. The molecule has 8 nitrogen and oxygen atoms in total. The maximum absolute atomic E-state index is 11.7. The van der Waals surface area contributed by atoms with Crippen LogP contribution >= 0.6 is 0 Å². The van der Waals surface area contributed by atoms with E-state index in [1.165, 1.54) is 11.1 Å². The van der Waals surface area contributed by atoms with Crippen LogP contribution in [0.5, 0.6) is 17.2 Å². The number of aryl methyl sites for hydroxylation is 1. The summed E-state index contributed by atoms with van der Waals surface area (Å²) in [6.07, 6.45) is 3.88. The monoisotopic (exact) mass is 470 g/mol. The number of aromatic nitrogens is 1. The average Bonchev–Trinajstić information content (AvgIpc) is 3.18. The van der Waals surface area contributed by atoms with Gasteiger partial charge in [0.25, 0.3) is 0 Å². The lowest BCUT2D eigenvalue weighted by Crippen LogP contribution is -2.46. The van der Waals surface area contributed by atoms with Gasteiger partial charge in [0, 0.05) is 35.7 Å². The molecular weight excluding hydrogens is 444 g/mol. The van der Waals surface area contributed by atoms with Crippen molar-refractivity contribution in [1.82, 2.24) is 15.6 Å². The number of anilines is 1. The molecule has 2 aliphatic heterocycles. The van der Waals surface area contributed by atoms with Gasteiger partial charge >= 0.3 is 0 Å². The molecule has 3 aromatic rings. The van der Waals surface area contributed by atoms with Crippen LogP contribution in [0.3, 0.4) is 0 Å². The SMILES string of the molecule is O=C1CCc2c(Oc3ccc4c(c3)[C@H]3[C@H](NC(O)N[C@H]5CCc6ccccc65)[C@H]3O4)ccnc2N1. The van der Waals surface area contributed by atoms with Gasteiger partial charge in [0.15, 0.2) is 6.35 Å². The van der Waals surface area contributed by atoms with Gasteiger partial charge < -0.3 is 19.9 Å². The summed E-state index contributed by atoms with van der Waals surface area (Å²) < 4.78 is 12.3. The Morgan fingerprint density at radius 3 is 2.94 bits per heavy atom. The number of carbonyl (C=O) groups is 1. The molecule has 0 saturated heterocycles. The summed E-state index contributed by atoms with van der Waals surface area (Å²) in [7, 11) is 0.